The van der Waals surface area contributed by atoms with Gasteiger partial charge in [-0.2, -0.15) is 0 Å². The number of nitro groups is 1. The SMILES string of the molecule is O=C(O)c1cc([N+](=O)[O-])ccc1Nc1ccc(Cl)cc1I. The van der Waals surface area contributed by atoms with Crippen LogP contribution in [0.5, 0.6) is 0 Å². The number of non-ortho nitro benzene ring substituents is 1. The lowest BCUT2D eigenvalue weighted by Gasteiger charge is -2.11. The van der Waals surface area contributed by atoms with Crippen molar-refractivity contribution in [3.05, 3.63) is 60.7 Å². The fourth-order valence-corrected chi connectivity index (χ4v) is 2.67. The zero-order chi connectivity index (χ0) is 15.6. The summed E-state index contributed by atoms with van der Waals surface area (Å²) in [4.78, 5) is 21.3. The van der Waals surface area contributed by atoms with Gasteiger partial charge in [-0.25, -0.2) is 4.79 Å². The number of halogens is 2. The molecule has 0 atom stereocenters. The quantitative estimate of drug-likeness (QED) is 0.439. The zero-order valence-corrected chi connectivity index (χ0v) is 13.3. The Morgan fingerprint density at radius 2 is 1.90 bits per heavy atom. The van der Waals surface area contributed by atoms with Gasteiger partial charge in [0.25, 0.3) is 5.69 Å². The van der Waals surface area contributed by atoms with E-state index in [4.69, 9.17) is 11.6 Å². The van der Waals surface area contributed by atoms with Gasteiger partial charge < -0.3 is 10.4 Å². The van der Waals surface area contributed by atoms with E-state index in [1.807, 2.05) is 0 Å². The lowest BCUT2D eigenvalue weighted by Crippen LogP contribution is -2.04. The summed E-state index contributed by atoms with van der Waals surface area (Å²) in [5, 5.41) is 23.4. The molecule has 0 saturated heterocycles. The van der Waals surface area contributed by atoms with E-state index in [9.17, 15) is 20.0 Å². The molecule has 0 aliphatic carbocycles. The lowest BCUT2D eigenvalue weighted by atomic mass is 10.1. The van der Waals surface area contributed by atoms with Crippen LogP contribution in [-0.2, 0) is 0 Å². The van der Waals surface area contributed by atoms with Gasteiger partial charge in [0.1, 0.15) is 0 Å². The van der Waals surface area contributed by atoms with Gasteiger partial charge in [-0.05, 0) is 46.9 Å². The summed E-state index contributed by atoms with van der Waals surface area (Å²) < 4.78 is 0.801. The van der Waals surface area contributed by atoms with Crippen molar-refractivity contribution < 1.29 is 14.8 Å². The predicted octanol–water partition coefficient (Wildman–Crippen LogP) is 4.29. The van der Waals surface area contributed by atoms with Crippen molar-refractivity contribution in [2.75, 3.05) is 5.32 Å². The highest BCUT2D eigenvalue weighted by molar-refractivity contribution is 14.1. The maximum Gasteiger partial charge on any atom is 0.338 e. The van der Waals surface area contributed by atoms with E-state index in [2.05, 4.69) is 27.9 Å². The summed E-state index contributed by atoms with van der Waals surface area (Å²) in [6.45, 7) is 0. The molecule has 8 heteroatoms. The van der Waals surface area contributed by atoms with Gasteiger partial charge in [0.15, 0.2) is 0 Å². The predicted molar refractivity (Wildman–Crippen MR) is 87.5 cm³/mol. The number of benzene rings is 2. The molecule has 0 aromatic heterocycles. The second-order valence-corrected chi connectivity index (χ2v) is 5.64. The topological polar surface area (TPSA) is 92.5 Å². The number of carbonyl (C=O) groups is 1. The molecule has 0 bridgehead atoms. The monoisotopic (exact) mass is 418 g/mol. The van der Waals surface area contributed by atoms with E-state index in [0.29, 0.717) is 10.7 Å². The second kappa shape index (κ2) is 6.27. The molecule has 0 unspecified atom stereocenters. The summed E-state index contributed by atoms with van der Waals surface area (Å²) >= 11 is 7.91. The molecule has 0 radical (unpaired) electrons. The van der Waals surface area contributed by atoms with Crippen LogP contribution in [0.4, 0.5) is 17.1 Å². The van der Waals surface area contributed by atoms with Gasteiger partial charge >= 0.3 is 5.97 Å². The highest BCUT2D eigenvalue weighted by Crippen LogP contribution is 2.29. The summed E-state index contributed by atoms with van der Waals surface area (Å²) in [6, 6.07) is 8.72. The third kappa shape index (κ3) is 3.61. The lowest BCUT2D eigenvalue weighted by molar-refractivity contribution is -0.384. The molecule has 108 valence electrons. The Kier molecular flexibility index (Phi) is 4.63. The highest BCUT2D eigenvalue weighted by Gasteiger charge is 2.16. The molecule has 0 aliphatic rings. The summed E-state index contributed by atoms with van der Waals surface area (Å²) in [5.41, 5.74) is 0.489. The van der Waals surface area contributed by atoms with Gasteiger partial charge in [0.05, 0.1) is 21.9 Å². The van der Waals surface area contributed by atoms with Crippen LogP contribution in [0.15, 0.2) is 36.4 Å². The maximum absolute atomic E-state index is 11.2. The maximum atomic E-state index is 11.2. The smallest absolute Gasteiger partial charge is 0.338 e. The van der Waals surface area contributed by atoms with Gasteiger partial charge in [0.2, 0.25) is 0 Å². The second-order valence-electron chi connectivity index (χ2n) is 4.04. The number of rotatable bonds is 4. The Balaban J connectivity index is 2.44. The Morgan fingerprint density at radius 3 is 2.48 bits per heavy atom. The fraction of sp³-hybridized carbons (Fsp3) is 0. The van der Waals surface area contributed by atoms with E-state index < -0.39 is 10.9 Å². The number of nitro benzene ring substituents is 1. The third-order valence-corrected chi connectivity index (χ3v) is 3.77. The van der Waals surface area contributed by atoms with Crippen LogP contribution in [0.25, 0.3) is 0 Å². The average Bonchev–Trinajstić information content (AvgIpc) is 2.41. The van der Waals surface area contributed by atoms with E-state index in [1.165, 1.54) is 12.1 Å². The molecule has 6 nitrogen and oxygen atoms in total. The Hall–Kier alpha value is -1.87. The molecule has 0 spiro atoms. The van der Waals surface area contributed by atoms with Crippen molar-refractivity contribution in [2.45, 2.75) is 0 Å². The summed E-state index contributed by atoms with van der Waals surface area (Å²) in [5.74, 6) is -1.25. The first kappa shape index (κ1) is 15.5. The van der Waals surface area contributed by atoms with Crippen LogP contribution < -0.4 is 5.32 Å². The third-order valence-electron chi connectivity index (χ3n) is 2.64. The minimum absolute atomic E-state index is 0.171. The van der Waals surface area contributed by atoms with Crippen LogP contribution in [0.1, 0.15) is 10.4 Å². The Labute approximate surface area is 138 Å². The minimum atomic E-state index is -1.25. The molecule has 0 amide bonds. The number of anilines is 2. The first-order valence-electron chi connectivity index (χ1n) is 5.62. The molecule has 21 heavy (non-hydrogen) atoms. The van der Waals surface area contributed by atoms with Crippen LogP contribution in [0, 0.1) is 13.7 Å². The molecule has 2 aromatic rings. The number of aromatic carboxylic acids is 1. The van der Waals surface area contributed by atoms with Gasteiger partial charge in [-0.1, -0.05) is 11.6 Å². The van der Waals surface area contributed by atoms with Gasteiger partial charge in [0, 0.05) is 20.7 Å². The number of carboxylic acid groups (broad SMARTS) is 1. The highest BCUT2D eigenvalue weighted by atomic mass is 127. The molecule has 0 heterocycles. The number of nitrogens with zero attached hydrogens (tertiary/aromatic N) is 1. The van der Waals surface area contributed by atoms with E-state index >= 15 is 0 Å². The van der Waals surface area contributed by atoms with Crippen molar-refractivity contribution >= 4 is 57.2 Å². The minimum Gasteiger partial charge on any atom is -0.478 e. The van der Waals surface area contributed by atoms with Crippen molar-refractivity contribution in [2.24, 2.45) is 0 Å². The standard InChI is InChI=1S/C13H8ClIN2O4/c14-7-1-3-12(10(15)5-7)16-11-4-2-8(17(20)21)6-9(11)13(18)19/h1-6,16H,(H,18,19). The van der Waals surface area contributed by atoms with Gasteiger partial charge in [-0.3, -0.25) is 10.1 Å². The van der Waals surface area contributed by atoms with Crippen LogP contribution >= 0.6 is 34.2 Å². The number of carboxylic acids is 1. The molecule has 0 saturated carbocycles. The molecule has 2 aromatic carbocycles. The van der Waals surface area contributed by atoms with Gasteiger partial charge in [-0.15, -0.1) is 0 Å². The number of hydrogen-bond donors (Lipinski definition) is 2. The Bertz CT molecular complexity index is 736. The molecule has 0 fully saturated rings. The van der Waals surface area contributed by atoms with Crippen molar-refractivity contribution in [1.29, 1.82) is 0 Å². The van der Waals surface area contributed by atoms with Crippen LogP contribution in [-0.4, -0.2) is 16.0 Å². The summed E-state index contributed by atoms with van der Waals surface area (Å²) in [7, 11) is 0. The van der Waals surface area contributed by atoms with Crippen LogP contribution in [0.3, 0.4) is 0 Å². The number of nitrogens with one attached hydrogen (secondary N) is 1. The van der Waals surface area contributed by atoms with Crippen molar-refractivity contribution in [3.63, 3.8) is 0 Å². The number of hydrogen-bond acceptors (Lipinski definition) is 4. The molecule has 2 N–H and O–H groups in total. The van der Waals surface area contributed by atoms with Crippen molar-refractivity contribution in [1.82, 2.24) is 0 Å². The molecular weight excluding hydrogens is 411 g/mol. The fourth-order valence-electron chi connectivity index (χ4n) is 1.67. The average molecular weight is 419 g/mol. The van der Waals surface area contributed by atoms with E-state index in [-0.39, 0.29) is 16.9 Å². The first-order valence-corrected chi connectivity index (χ1v) is 7.08. The molecular formula is C13H8ClIN2O4. The summed E-state index contributed by atoms with van der Waals surface area (Å²) in [6.07, 6.45) is 0. The first-order chi connectivity index (χ1) is 9.88. The molecule has 2 rings (SSSR count). The Morgan fingerprint density at radius 1 is 1.24 bits per heavy atom. The van der Waals surface area contributed by atoms with E-state index in [1.54, 1.807) is 18.2 Å². The molecule has 0 aliphatic heterocycles. The van der Waals surface area contributed by atoms with Crippen molar-refractivity contribution in [3.8, 4) is 0 Å². The van der Waals surface area contributed by atoms with Crippen LogP contribution in [0.2, 0.25) is 5.02 Å². The normalized spacial score (nSPS) is 10.2. The largest absolute Gasteiger partial charge is 0.478 e. The van der Waals surface area contributed by atoms with E-state index in [0.717, 1.165) is 9.64 Å². The zero-order valence-electron chi connectivity index (χ0n) is 10.3.